The largest absolute Gasteiger partial charge is 0.371 e. The molecule has 2 heteroatoms. The van der Waals surface area contributed by atoms with Crippen LogP contribution in [0.2, 0.25) is 0 Å². The molecule has 1 saturated heterocycles. The summed E-state index contributed by atoms with van der Waals surface area (Å²) in [4.78, 5) is 2.60. The normalized spacial score (nSPS) is 19.3. The summed E-state index contributed by atoms with van der Waals surface area (Å²) in [5, 5.41) is 3.64. The Labute approximate surface area is 130 Å². The molecule has 0 bridgehead atoms. The molecule has 1 aliphatic rings. The van der Waals surface area contributed by atoms with Gasteiger partial charge in [0.25, 0.3) is 0 Å². The van der Waals surface area contributed by atoms with Crippen LogP contribution in [0.3, 0.4) is 0 Å². The number of nitrogens with zero attached hydrogens (tertiary/aromatic N) is 1. The highest BCUT2D eigenvalue weighted by molar-refractivity contribution is 5.55. The molecule has 0 spiro atoms. The van der Waals surface area contributed by atoms with Gasteiger partial charge in [-0.25, -0.2) is 0 Å². The number of anilines is 1. The summed E-state index contributed by atoms with van der Waals surface area (Å²) >= 11 is 0. The maximum atomic E-state index is 3.64. The Morgan fingerprint density at radius 1 is 1.29 bits per heavy atom. The fourth-order valence-corrected chi connectivity index (χ4v) is 3.22. The Morgan fingerprint density at radius 2 is 2.05 bits per heavy atom. The molecule has 0 aliphatic carbocycles. The van der Waals surface area contributed by atoms with Crippen molar-refractivity contribution in [1.29, 1.82) is 0 Å². The Kier molecular flexibility index (Phi) is 5.32. The van der Waals surface area contributed by atoms with Gasteiger partial charge in [-0.3, -0.25) is 0 Å². The Bertz CT molecular complexity index is 459. The minimum Gasteiger partial charge on any atom is -0.371 e. The van der Waals surface area contributed by atoms with Crippen LogP contribution >= 0.6 is 0 Å². The van der Waals surface area contributed by atoms with Crippen LogP contribution in [0.15, 0.2) is 18.2 Å². The van der Waals surface area contributed by atoms with Crippen LogP contribution in [-0.4, -0.2) is 18.6 Å². The van der Waals surface area contributed by atoms with E-state index in [2.05, 4.69) is 63.0 Å². The standard InChI is InChI=1S/C19H32N2/c1-6-7-16-10-11-21(14-16)18-9-8-15(2)12-17(18)13-20-19(3,4)5/h8-9,12,16,20H,6-7,10-11,13-14H2,1-5H3. The highest BCUT2D eigenvalue weighted by Gasteiger charge is 2.23. The van der Waals surface area contributed by atoms with Crippen molar-refractivity contribution in [1.82, 2.24) is 5.32 Å². The lowest BCUT2D eigenvalue weighted by molar-refractivity contribution is 0.424. The van der Waals surface area contributed by atoms with E-state index < -0.39 is 0 Å². The summed E-state index contributed by atoms with van der Waals surface area (Å²) in [7, 11) is 0. The van der Waals surface area contributed by atoms with Crippen LogP contribution in [0.25, 0.3) is 0 Å². The predicted octanol–water partition coefficient (Wildman–Crippen LogP) is 4.51. The predicted molar refractivity (Wildman–Crippen MR) is 93.0 cm³/mol. The zero-order chi connectivity index (χ0) is 15.5. The van der Waals surface area contributed by atoms with Crippen molar-refractivity contribution in [2.45, 2.75) is 66.0 Å². The molecule has 1 aromatic carbocycles. The zero-order valence-electron chi connectivity index (χ0n) is 14.5. The number of aryl methyl sites for hydroxylation is 1. The summed E-state index contributed by atoms with van der Waals surface area (Å²) in [6.45, 7) is 14.6. The average Bonchev–Trinajstić information content (AvgIpc) is 2.84. The second kappa shape index (κ2) is 6.83. The van der Waals surface area contributed by atoms with Crippen molar-refractivity contribution in [3.8, 4) is 0 Å². The molecule has 1 N–H and O–H groups in total. The average molecular weight is 288 g/mol. The summed E-state index contributed by atoms with van der Waals surface area (Å²) in [6.07, 6.45) is 4.04. The van der Waals surface area contributed by atoms with Crippen LogP contribution in [0.5, 0.6) is 0 Å². The lowest BCUT2D eigenvalue weighted by Gasteiger charge is -2.26. The van der Waals surface area contributed by atoms with Gasteiger partial charge in [-0.05, 0) is 58.1 Å². The minimum atomic E-state index is 0.163. The molecule has 2 nitrogen and oxygen atoms in total. The number of hydrogen-bond acceptors (Lipinski definition) is 2. The van der Waals surface area contributed by atoms with E-state index >= 15 is 0 Å². The summed E-state index contributed by atoms with van der Waals surface area (Å²) in [5.41, 5.74) is 4.41. The molecule has 1 atom stereocenters. The summed E-state index contributed by atoms with van der Waals surface area (Å²) in [5.74, 6) is 0.889. The van der Waals surface area contributed by atoms with Gasteiger partial charge >= 0.3 is 0 Å². The first-order valence-corrected chi connectivity index (χ1v) is 8.48. The van der Waals surface area contributed by atoms with Gasteiger partial charge in [0.15, 0.2) is 0 Å². The van der Waals surface area contributed by atoms with Crippen LogP contribution in [0.1, 0.15) is 58.1 Å². The molecule has 2 rings (SSSR count). The highest BCUT2D eigenvalue weighted by Crippen LogP contribution is 2.30. The molecule has 1 aromatic rings. The third kappa shape index (κ3) is 4.74. The molecule has 1 heterocycles. The van der Waals surface area contributed by atoms with Crippen molar-refractivity contribution in [3.63, 3.8) is 0 Å². The molecule has 21 heavy (non-hydrogen) atoms. The molecule has 1 aliphatic heterocycles. The molecular formula is C19H32N2. The van der Waals surface area contributed by atoms with Gasteiger partial charge in [-0.15, -0.1) is 0 Å². The van der Waals surface area contributed by atoms with E-state index in [-0.39, 0.29) is 5.54 Å². The minimum absolute atomic E-state index is 0.163. The summed E-state index contributed by atoms with van der Waals surface area (Å²) in [6, 6.07) is 6.92. The van der Waals surface area contributed by atoms with Gasteiger partial charge in [0, 0.05) is 30.9 Å². The van der Waals surface area contributed by atoms with E-state index in [4.69, 9.17) is 0 Å². The number of hydrogen-bond donors (Lipinski definition) is 1. The van der Waals surface area contributed by atoms with Gasteiger partial charge in [0.05, 0.1) is 0 Å². The van der Waals surface area contributed by atoms with Gasteiger partial charge in [-0.1, -0.05) is 31.0 Å². The molecule has 1 unspecified atom stereocenters. The van der Waals surface area contributed by atoms with Crippen LogP contribution in [-0.2, 0) is 6.54 Å². The van der Waals surface area contributed by atoms with Crippen molar-refractivity contribution in [2.75, 3.05) is 18.0 Å². The SMILES string of the molecule is CCCC1CCN(c2ccc(C)cc2CNC(C)(C)C)C1. The first kappa shape index (κ1) is 16.4. The van der Waals surface area contributed by atoms with E-state index in [1.807, 2.05) is 0 Å². The van der Waals surface area contributed by atoms with Gasteiger partial charge < -0.3 is 10.2 Å². The van der Waals surface area contributed by atoms with E-state index in [0.29, 0.717) is 0 Å². The van der Waals surface area contributed by atoms with Gasteiger partial charge in [0.2, 0.25) is 0 Å². The molecule has 0 radical (unpaired) electrons. The second-order valence-electron chi connectivity index (χ2n) is 7.63. The molecule has 0 aromatic heterocycles. The number of rotatable bonds is 5. The third-order valence-electron chi connectivity index (χ3n) is 4.37. The molecule has 118 valence electrons. The monoisotopic (exact) mass is 288 g/mol. The lowest BCUT2D eigenvalue weighted by Crippen LogP contribution is -2.35. The third-order valence-corrected chi connectivity index (χ3v) is 4.37. The smallest absolute Gasteiger partial charge is 0.0412 e. The van der Waals surface area contributed by atoms with Crippen LogP contribution in [0.4, 0.5) is 5.69 Å². The van der Waals surface area contributed by atoms with E-state index in [9.17, 15) is 0 Å². The van der Waals surface area contributed by atoms with Crippen LogP contribution < -0.4 is 10.2 Å². The maximum absolute atomic E-state index is 3.64. The molecular weight excluding hydrogens is 256 g/mol. The van der Waals surface area contributed by atoms with Crippen molar-refractivity contribution in [3.05, 3.63) is 29.3 Å². The first-order valence-electron chi connectivity index (χ1n) is 8.48. The fourth-order valence-electron chi connectivity index (χ4n) is 3.22. The number of nitrogens with one attached hydrogen (secondary N) is 1. The highest BCUT2D eigenvalue weighted by atomic mass is 15.2. The fraction of sp³-hybridized carbons (Fsp3) is 0.684. The van der Waals surface area contributed by atoms with E-state index in [0.717, 1.165) is 12.5 Å². The van der Waals surface area contributed by atoms with Gasteiger partial charge in [-0.2, -0.15) is 0 Å². The lowest BCUT2D eigenvalue weighted by atomic mass is 10.0. The topological polar surface area (TPSA) is 15.3 Å². The Balaban J connectivity index is 2.12. The van der Waals surface area contributed by atoms with Crippen LogP contribution in [0, 0.1) is 12.8 Å². The van der Waals surface area contributed by atoms with E-state index in [1.54, 1.807) is 0 Å². The molecule has 0 amide bonds. The Morgan fingerprint density at radius 3 is 2.71 bits per heavy atom. The quantitative estimate of drug-likeness (QED) is 0.857. The van der Waals surface area contributed by atoms with Crippen molar-refractivity contribution < 1.29 is 0 Å². The van der Waals surface area contributed by atoms with E-state index in [1.165, 1.54) is 49.2 Å². The van der Waals surface area contributed by atoms with Gasteiger partial charge in [0.1, 0.15) is 0 Å². The summed E-state index contributed by atoms with van der Waals surface area (Å²) < 4.78 is 0. The first-order chi connectivity index (χ1) is 9.89. The molecule has 1 fully saturated rings. The zero-order valence-corrected chi connectivity index (χ0v) is 14.5. The molecule has 0 saturated carbocycles. The second-order valence-corrected chi connectivity index (χ2v) is 7.63. The Hall–Kier alpha value is -1.02. The number of benzene rings is 1. The van der Waals surface area contributed by atoms with Crippen molar-refractivity contribution >= 4 is 5.69 Å². The maximum Gasteiger partial charge on any atom is 0.0412 e. The van der Waals surface area contributed by atoms with Crippen molar-refractivity contribution in [2.24, 2.45) is 5.92 Å².